The molecule has 2 aliphatic carbocycles. The van der Waals surface area contributed by atoms with E-state index in [0.29, 0.717) is 21.4 Å². The van der Waals surface area contributed by atoms with E-state index >= 15 is 0 Å². The van der Waals surface area contributed by atoms with E-state index in [2.05, 4.69) is 39.8 Å². The summed E-state index contributed by atoms with van der Waals surface area (Å²) in [6.07, 6.45) is -12.1. The summed E-state index contributed by atoms with van der Waals surface area (Å²) in [5.41, 5.74) is 1.14. The Morgan fingerprint density at radius 3 is 2.35 bits per heavy atom. The van der Waals surface area contributed by atoms with Crippen LogP contribution in [0.5, 0.6) is 17.2 Å². The number of hydrogen-bond donors (Lipinski definition) is 9. The van der Waals surface area contributed by atoms with E-state index in [1.807, 2.05) is 35.8 Å². The quantitative estimate of drug-likeness (QED) is 0.0161. The molecule has 18 atom stereocenters. The van der Waals surface area contributed by atoms with Crippen molar-refractivity contribution in [1.82, 2.24) is 16.1 Å². The van der Waals surface area contributed by atoms with Gasteiger partial charge in [-0.25, -0.2) is 4.79 Å². The van der Waals surface area contributed by atoms with Gasteiger partial charge in [-0.2, -0.15) is 5.48 Å². The van der Waals surface area contributed by atoms with E-state index in [1.54, 1.807) is 40.9 Å². The largest absolute Gasteiger partial charge is 0.492 e. The minimum atomic E-state index is -2.06. The van der Waals surface area contributed by atoms with Crippen LogP contribution in [0.25, 0.3) is 0 Å². The van der Waals surface area contributed by atoms with Crippen LogP contribution in [0.1, 0.15) is 69.3 Å². The van der Waals surface area contributed by atoms with E-state index in [9.17, 15) is 45.0 Å². The molecule has 0 spiro atoms. The zero-order valence-electron chi connectivity index (χ0n) is 48.3. The van der Waals surface area contributed by atoms with Crippen molar-refractivity contribution in [2.75, 3.05) is 60.7 Å². The highest BCUT2D eigenvalue weighted by atomic mass is 127. The number of thioether (sulfide) groups is 1. The number of rotatable bonds is 26. The second-order valence-electron chi connectivity index (χ2n) is 19.7. The van der Waals surface area contributed by atoms with Crippen LogP contribution in [0.4, 0.5) is 4.79 Å². The van der Waals surface area contributed by atoms with Gasteiger partial charge in [-0.15, -0.1) is 0 Å². The van der Waals surface area contributed by atoms with Crippen molar-refractivity contribution in [3.8, 4) is 40.9 Å². The number of aliphatic hydroxyl groups is 6. The summed E-state index contributed by atoms with van der Waals surface area (Å²) in [6, 6.07) is -1.28. The third-order valence-electron chi connectivity index (χ3n) is 14.4. The van der Waals surface area contributed by atoms with E-state index in [-0.39, 0.29) is 77.7 Å². The van der Waals surface area contributed by atoms with Gasteiger partial charge < -0.3 is 88.1 Å². The highest BCUT2D eigenvalue weighted by Crippen LogP contribution is 2.49. The van der Waals surface area contributed by atoms with Crippen LogP contribution in [0, 0.1) is 34.2 Å². The van der Waals surface area contributed by atoms with Crippen molar-refractivity contribution < 1.29 is 102 Å². The van der Waals surface area contributed by atoms with Gasteiger partial charge in [0.2, 0.25) is 17.2 Å². The number of hydrogen-bond acceptors (Lipinski definition) is 27. The SMILES string of the molecule is CCNC1COC(OC2C(O[C@H]3C#C/C=C\C#C[C@]4(O)CC(=O)C(NC(=O)OC)=C3/C4=C\CSSSC)OC(C)C(NOC3CC(O)C(SC(=O)c4c(C)c(I)c(OC(O)C(O)C(OC)C(O)CC)c(OC)c4OC)C(C)O3)C2O)CC1OC. The highest BCUT2D eigenvalue weighted by molar-refractivity contribution is 14.1. The molecule has 3 aliphatic heterocycles. The maximum atomic E-state index is 14.4. The zero-order chi connectivity index (χ0) is 61.6. The molecule has 3 fully saturated rings. The van der Waals surface area contributed by atoms with Gasteiger partial charge in [0.25, 0.3) is 0 Å². The van der Waals surface area contributed by atoms with Crippen molar-refractivity contribution in [1.29, 1.82) is 0 Å². The average Bonchev–Trinajstić information content (AvgIpc) is 1.38. The first-order valence-electron chi connectivity index (χ1n) is 26.9. The Bertz CT molecular complexity index is 2660. The Labute approximate surface area is 518 Å². The number of ether oxygens (including phenoxy) is 11. The normalized spacial score (nSPS) is 32.0. The lowest BCUT2D eigenvalue weighted by Gasteiger charge is -2.46. The van der Waals surface area contributed by atoms with Gasteiger partial charge in [0.15, 0.2) is 41.8 Å². The summed E-state index contributed by atoms with van der Waals surface area (Å²) in [7, 11) is 11.1. The van der Waals surface area contributed by atoms with Gasteiger partial charge in [-0.3, -0.25) is 19.7 Å². The van der Waals surface area contributed by atoms with E-state index in [0.717, 1.165) is 18.9 Å². The summed E-state index contributed by atoms with van der Waals surface area (Å²) in [5.74, 6) is 10.9. The number of fused-ring (bicyclic) bond motifs is 2. The number of hydroxylamine groups is 1. The molecule has 0 aromatic heterocycles. The number of benzene rings is 1. The Balaban J connectivity index is 1.25. The maximum absolute atomic E-state index is 14.4. The highest BCUT2D eigenvalue weighted by Gasteiger charge is 2.52. The van der Waals surface area contributed by atoms with Gasteiger partial charge in [-0.1, -0.05) is 77.0 Å². The average molecular weight is 1370 g/mol. The Morgan fingerprint density at radius 1 is 0.976 bits per heavy atom. The van der Waals surface area contributed by atoms with Gasteiger partial charge in [0.1, 0.15) is 30.5 Å². The second-order valence-corrected chi connectivity index (χ2v) is 26.3. The number of carbonyl (C=O) groups excluding carboxylic acids is 3. The van der Waals surface area contributed by atoms with E-state index in [1.165, 1.54) is 64.9 Å². The van der Waals surface area contributed by atoms with Crippen LogP contribution < -0.4 is 30.3 Å². The first-order chi connectivity index (χ1) is 40.1. The molecule has 3 heterocycles. The van der Waals surface area contributed by atoms with Crippen molar-refractivity contribution >= 4 is 82.8 Å². The topological polar surface area (TPSA) is 319 Å². The van der Waals surface area contributed by atoms with Crippen molar-refractivity contribution in [3.05, 3.63) is 49.8 Å². The molecule has 1 aromatic carbocycles. The van der Waals surface area contributed by atoms with Crippen LogP contribution in [0.3, 0.4) is 0 Å². The molecule has 29 heteroatoms. The fourth-order valence-electron chi connectivity index (χ4n) is 10.1. The standard InChI is InChI=1S/C55H76IN3O21S4/c1-12-31(60)45(70-7)44(64)51(65)79-47-40(56)26(3)38(46(71-8)49(47)72-9)52(66)83-50-28(5)75-37(22-32(50)61)80-59-41-27(4)76-53(48(43(41)63)78-36-23-35(69-6)30(25-74-36)57-13-2)77-34-18-16-14-15-17-20-55(68)24-33(62)42(58-54(67)73-10)39(34)29(55)19-21-82-84-81-11/h14-15,19,27-28,30-32,34-37,41,43-45,48,50-51,53,57,59-61,63-65,68H,12-13,21-25H2,1-11H3,(H,58,67)/b15-14-,29-19+/t27?,28?,30?,31?,32?,34-,35?,36?,37?,41?,43?,44?,45?,48?,50?,51?,53?,55-/m0/s1. The monoisotopic (exact) mass is 1370 g/mol. The second kappa shape index (κ2) is 33.0. The lowest BCUT2D eigenvalue weighted by molar-refractivity contribution is -0.336. The predicted molar refractivity (Wildman–Crippen MR) is 322 cm³/mol. The van der Waals surface area contributed by atoms with Crippen molar-refractivity contribution in [3.63, 3.8) is 0 Å². The summed E-state index contributed by atoms with van der Waals surface area (Å²) < 4.78 is 65.9. The number of amides is 1. The number of alkyl carbamates (subject to hydrolysis) is 1. The smallest absolute Gasteiger partial charge is 0.411 e. The molecule has 0 radical (unpaired) electrons. The third kappa shape index (κ3) is 16.9. The lowest BCUT2D eigenvalue weighted by atomic mass is 9.75. The van der Waals surface area contributed by atoms with Crippen LogP contribution in [-0.2, 0) is 47.5 Å². The number of allylic oxidation sites excluding steroid dienone is 3. The number of aliphatic hydroxyl groups excluding tert-OH is 5. The molecule has 1 aromatic rings. The number of nitrogens with one attached hydrogen (secondary N) is 3. The molecule has 9 N–H and O–H groups in total. The van der Waals surface area contributed by atoms with Gasteiger partial charge in [-0.05, 0) is 90.1 Å². The Morgan fingerprint density at radius 2 is 1.70 bits per heavy atom. The Hall–Kier alpha value is -2.94. The molecule has 2 bridgehead atoms. The third-order valence-corrected chi connectivity index (χ3v) is 20.8. The number of likely N-dealkylation sites (N-methyl/N-ethyl adjacent to an activating group) is 1. The van der Waals surface area contributed by atoms with Gasteiger partial charge in [0.05, 0.1) is 97.0 Å². The van der Waals surface area contributed by atoms with Gasteiger partial charge in [0, 0.05) is 44.0 Å². The molecule has 468 valence electrons. The molecule has 0 saturated carbocycles. The minimum Gasteiger partial charge on any atom is -0.492 e. The molecule has 84 heavy (non-hydrogen) atoms. The van der Waals surface area contributed by atoms with Crippen LogP contribution in [0.2, 0.25) is 0 Å². The lowest BCUT2D eigenvalue weighted by Crippen LogP contribution is -2.65. The van der Waals surface area contributed by atoms with Crippen LogP contribution >= 0.6 is 65.8 Å². The van der Waals surface area contributed by atoms with Crippen molar-refractivity contribution in [2.24, 2.45) is 0 Å². The molecule has 16 unspecified atom stereocenters. The number of halogens is 1. The number of Topliss-reactive ketones (excluding diaryl/α,β-unsaturated/α-hetero) is 1. The summed E-state index contributed by atoms with van der Waals surface area (Å²) in [6.45, 7) is 9.38. The first kappa shape index (κ1) is 70.2. The first-order valence-corrected chi connectivity index (χ1v) is 32.9. The molecule has 24 nitrogen and oxygen atoms in total. The molecule has 5 aliphatic rings. The molecule has 6 rings (SSSR count). The molecular formula is C55H76IN3O21S4. The molecular weight excluding hydrogens is 1290 g/mol. The number of methoxy groups -OCH3 is 5. The van der Waals surface area contributed by atoms with Crippen LogP contribution in [-0.4, -0.2) is 217 Å². The van der Waals surface area contributed by atoms with Gasteiger partial charge >= 0.3 is 6.09 Å². The Kier molecular flexibility index (Phi) is 27.6. The maximum Gasteiger partial charge on any atom is 0.411 e. The summed E-state index contributed by atoms with van der Waals surface area (Å²) >= 11 is 2.71. The fraction of sp³-hybridized carbons (Fsp3) is 0.655. The number of ketones is 1. The number of carbonyl (C=O) groups is 3. The summed E-state index contributed by atoms with van der Waals surface area (Å²) in [5, 5.41) is 73.2. The predicted octanol–water partition coefficient (Wildman–Crippen LogP) is 3.18. The minimum absolute atomic E-state index is 0.0209. The zero-order valence-corrected chi connectivity index (χ0v) is 53.7. The van der Waals surface area contributed by atoms with E-state index < -0.39 is 120 Å². The van der Waals surface area contributed by atoms with Crippen molar-refractivity contribution in [2.45, 2.75) is 169 Å². The fourth-order valence-corrected chi connectivity index (χ4v) is 14.3. The van der Waals surface area contributed by atoms with E-state index in [4.69, 9.17) is 56.9 Å². The molecule has 3 saturated heterocycles. The molecule has 1 amide bonds. The summed E-state index contributed by atoms with van der Waals surface area (Å²) in [4.78, 5) is 47.5. The van der Waals surface area contributed by atoms with Crippen LogP contribution in [0.15, 0.2) is 35.1 Å².